The molecule has 0 atom stereocenters. The highest BCUT2D eigenvalue weighted by Gasteiger charge is 2.18. The molecule has 1 aromatic carbocycles. The predicted molar refractivity (Wildman–Crippen MR) is 124 cm³/mol. The third-order valence-electron chi connectivity index (χ3n) is 4.88. The molecule has 3 rings (SSSR count). The number of esters is 1. The van der Waals surface area contributed by atoms with Gasteiger partial charge in [-0.25, -0.2) is 4.98 Å². The Kier molecular flexibility index (Phi) is 8.29. The van der Waals surface area contributed by atoms with Gasteiger partial charge in [-0.1, -0.05) is 55.3 Å². The lowest BCUT2D eigenvalue weighted by Crippen LogP contribution is -2.10. The van der Waals surface area contributed by atoms with E-state index in [2.05, 4.69) is 17.6 Å². The van der Waals surface area contributed by atoms with Crippen LogP contribution in [-0.4, -0.2) is 22.1 Å². The van der Waals surface area contributed by atoms with Crippen LogP contribution < -0.4 is 0 Å². The van der Waals surface area contributed by atoms with Gasteiger partial charge in [0.1, 0.15) is 12.4 Å². The van der Waals surface area contributed by atoms with Crippen molar-refractivity contribution in [2.45, 2.75) is 46.1 Å². The molecule has 0 aliphatic heterocycles. The lowest BCUT2D eigenvalue weighted by Gasteiger charge is -2.14. The van der Waals surface area contributed by atoms with Crippen LogP contribution in [0.2, 0.25) is 5.02 Å². The van der Waals surface area contributed by atoms with E-state index in [1.54, 1.807) is 11.3 Å². The molecule has 0 saturated heterocycles. The Morgan fingerprint density at radius 1 is 1.30 bits per heavy atom. The largest absolute Gasteiger partial charge is 0.461 e. The molecule has 158 valence electrons. The molecule has 0 unspecified atom stereocenters. The number of aryl methyl sites for hydroxylation is 1. The molecule has 4 nitrogen and oxygen atoms in total. The van der Waals surface area contributed by atoms with Crippen molar-refractivity contribution in [1.29, 1.82) is 0 Å². The fraction of sp³-hybridized carbons (Fsp3) is 0.333. The molecule has 30 heavy (non-hydrogen) atoms. The normalized spacial score (nSPS) is 11.3. The SMILES string of the molecule is CC=CCOC(=O)Cc1sccc1-c1cnc(CCCC)n1Cc1ccccc1Cl. The molecule has 3 aromatic rings. The Balaban J connectivity index is 1.91. The predicted octanol–water partition coefficient (Wildman–Crippen LogP) is 6.32. The van der Waals surface area contributed by atoms with Gasteiger partial charge in [0.05, 0.1) is 24.9 Å². The van der Waals surface area contributed by atoms with Crippen LogP contribution in [0.1, 0.15) is 43.0 Å². The van der Waals surface area contributed by atoms with Gasteiger partial charge in [0.15, 0.2) is 0 Å². The maximum Gasteiger partial charge on any atom is 0.311 e. The number of aromatic nitrogens is 2. The minimum absolute atomic E-state index is 0.222. The molecular weight excluding hydrogens is 416 g/mol. The molecule has 0 spiro atoms. The van der Waals surface area contributed by atoms with Crippen LogP contribution in [0.25, 0.3) is 11.3 Å². The Morgan fingerprint density at radius 3 is 2.90 bits per heavy atom. The minimum Gasteiger partial charge on any atom is -0.461 e. The van der Waals surface area contributed by atoms with Crippen molar-refractivity contribution in [3.63, 3.8) is 0 Å². The van der Waals surface area contributed by atoms with Crippen LogP contribution in [0.4, 0.5) is 0 Å². The molecule has 0 saturated carbocycles. The van der Waals surface area contributed by atoms with E-state index in [1.807, 2.05) is 54.9 Å². The Bertz CT molecular complexity index is 1010. The molecule has 0 N–H and O–H groups in total. The van der Waals surface area contributed by atoms with Crippen molar-refractivity contribution >= 4 is 28.9 Å². The highest BCUT2D eigenvalue weighted by molar-refractivity contribution is 7.10. The van der Waals surface area contributed by atoms with Gasteiger partial charge in [-0.2, -0.15) is 0 Å². The van der Waals surface area contributed by atoms with Crippen molar-refractivity contribution in [3.8, 4) is 11.3 Å². The van der Waals surface area contributed by atoms with Gasteiger partial charge in [0.2, 0.25) is 0 Å². The second kappa shape index (κ2) is 11.1. The maximum atomic E-state index is 12.2. The number of thiophene rings is 1. The summed E-state index contributed by atoms with van der Waals surface area (Å²) in [5.41, 5.74) is 3.10. The molecule has 2 heterocycles. The van der Waals surface area contributed by atoms with E-state index in [4.69, 9.17) is 21.3 Å². The Labute approximate surface area is 187 Å². The van der Waals surface area contributed by atoms with E-state index >= 15 is 0 Å². The molecule has 0 fully saturated rings. The second-order valence-corrected chi connectivity index (χ2v) is 8.43. The number of imidazole rings is 1. The second-order valence-electron chi connectivity index (χ2n) is 7.03. The summed E-state index contributed by atoms with van der Waals surface area (Å²) in [6.45, 7) is 5.04. The monoisotopic (exact) mass is 442 g/mol. The van der Waals surface area contributed by atoms with E-state index in [9.17, 15) is 4.79 Å². The lowest BCUT2D eigenvalue weighted by atomic mass is 10.1. The van der Waals surface area contributed by atoms with Gasteiger partial charge in [0.25, 0.3) is 0 Å². The number of unbranched alkanes of at least 4 members (excludes halogenated alkanes) is 1. The maximum absolute atomic E-state index is 12.2. The molecular formula is C24H27ClN2O2S. The Hall–Kier alpha value is -2.37. The average Bonchev–Trinajstić information content (AvgIpc) is 3.34. The van der Waals surface area contributed by atoms with Crippen LogP contribution in [-0.2, 0) is 28.9 Å². The van der Waals surface area contributed by atoms with Gasteiger partial charge in [-0.05, 0) is 36.4 Å². The first kappa shape index (κ1) is 22.3. The van der Waals surface area contributed by atoms with E-state index in [1.165, 1.54) is 0 Å². The number of benzene rings is 1. The zero-order valence-corrected chi connectivity index (χ0v) is 19.0. The number of hydrogen-bond donors (Lipinski definition) is 0. The Morgan fingerprint density at radius 2 is 2.13 bits per heavy atom. The fourth-order valence-corrected chi connectivity index (χ4v) is 4.33. The number of carbonyl (C=O) groups excluding carboxylic acids is 1. The molecule has 0 aliphatic rings. The van der Waals surface area contributed by atoms with Crippen LogP contribution in [0.5, 0.6) is 0 Å². The van der Waals surface area contributed by atoms with Crippen LogP contribution >= 0.6 is 22.9 Å². The van der Waals surface area contributed by atoms with Gasteiger partial charge < -0.3 is 9.30 Å². The summed E-state index contributed by atoms with van der Waals surface area (Å²) in [5, 5.41) is 2.76. The van der Waals surface area contributed by atoms with Crippen molar-refractivity contribution < 1.29 is 9.53 Å². The highest BCUT2D eigenvalue weighted by atomic mass is 35.5. The first-order chi connectivity index (χ1) is 14.6. The number of hydrogen-bond acceptors (Lipinski definition) is 4. The minimum atomic E-state index is -0.222. The zero-order valence-electron chi connectivity index (χ0n) is 17.4. The summed E-state index contributed by atoms with van der Waals surface area (Å²) in [7, 11) is 0. The molecule has 6 heteroatoms. The topological polar surface area (TPSA) is 44.1 Å². The van der Waals surface area contributed by atoms with Crippen LogP contribution in [0, 0.1) is 0 Å². The number of allylic oxidation sites excluding steroid dienone is 1. The smallest absolute Gasteiger partial charge is 0.311 e. The number of rotatable bonds is 10. The lowest BCUT2D eigenvalue weighted by molar-refractivity contribution is -0.141. The average molecular weight is 443 g/mol. The van der Waals surface area contributed by atoms with E-state index in [0.717, 1.165) is 51.8 Å². The van der Waals surface area contributed by atoms with E-state index in [-0.39, 0.29) is 12.4 Å². The summed E-state index contributed by atoms with van der Waals surface area (Å²) in [4.78, 5) is 18.0. The van der Waals surface area contributed by atoms with Gasteiger partial charge in [0, 0.05) is 21.9 Å². The number of halogens is 1. The fourth-order valence-electron chi connectivity index (χ4n) is 3.26. The van der Waals surface area contributed by atoms with Gasteiger partial charge in [-0.15, -0.1) is 11.3 Å². The van der Waals surface area contributed by atoms with Crippen molar-refractivity contribution in [3.05, 3.63) is 75.3 Å². The molecule has 2 aromatic heterocycles. The van der Waals surface area contributed by atoms with Crippen molar-refractivity contribution in [2.75, 3.05) is 6.61 Å². The van der Waals surface area contributed by atoms with Crippen LogP contribution in [0.15, 0.2) is 54.1 Å². The summed E-state index contributed by atoms with van der Waals surface area (Å²) < 4.78 is 7.52. The molecule has 0 amide bonds. The van der Waals surface area contributed by atoms with Gasteiger partial charge >= 0.3 is 5.97 Å². The summed E-state index contributed by atoms with van der Waals surface area (Å²) in [5.74, 6) is 0.819. The summed E-state index contributed by atoms with van der Waals surface area (Å²) >= 11 is 8.01. The van der Waals surface area contributed by atoms with Crippen LogP contribution in [0.3, 0.4) is 0 Å². The first-order valence-electron chi connectivity index (χ1n) is 10.2. The van der Waals surface area contributed by atoms with Gasteiger partial charge in [-0.3, -0.25) is 4.79 Å². The standard InChI is InChI=1S/C24H27ClN2O2S/c1-3-5-11-23-26-16-21(27(23)17-18-9-7-8-10-20(18)25)19-12-14-30-22(19)15-24(28)29-13-6-4-2/h4,6-10,12,14,16H,3,5,11,13,15,17H2,1-2H3. The zero-order chi connectivity index (χ0) is 21.3. The first-order valence-corrected chi connectivity index (χ1v) is 11.5. The number of nitrogens with zero attached hydrogens (tertiary/aromatic N) is 2. The third kappa shape index (κ3) is 5.61. The number of carbonyl (C=O) groups is 1. The summed E-state index contributed by atoms with van der Waals surface area (Å²) in [6, 6.07) is 9.96. The molecule has 0 aliphatic carbocycles. The van der Waals surface area contributed by atoms with Crippen molar-refractivity contribution in [1.82, 2.24) is 9.55 Å². The molecule has 0 radical (unpaired) electrons. The van der Waals surface area contributed by atoms with E-state index < -0.39 is 0 Å². The molecule has 0 bridgehead atoms. The van der Waals surface area contributed by atoms with Crippen molar-refractivity contribution in [2.24, 2.45) is 0 Å². The van der Waals surface area contributed by atoms with E-state index in [0.29, 0.717) is 13.2 Å². The number of ether oxygens (including phenoxy) is 1. The highest BCUT2D eigenvalue weighted by Crippen LogP contribution is 2.31. The summed E-state index contributed by atoms with van der Waals surface area (Å²) in [6.07, 6.45) is 8.96. The quantitative estimate of drug-likeness (QED) is 0.272. The third-order valence-corrected chi connectivity index (χ3v) is 6.17.